The van der Waals surface area contributed by atoms with Gasteiger partial charge in [0.05, 0.1) is 11.0 Å². The van der Waals surface area contributed by atoms with Crippen LogP contribution in [-0.4, -0.2) is 9.55 Å². The number of benzene rings is 1. The summed E-state index contributed by atoms with van der Waals surface area (Å²) < 4.78 is 2.12. The third-order valence-electron chi connectivity index (χ3n) is 2.44. The first-order valence-electron chi connectivity index (χ1n) is 4.96. The molecule has 78 valence electrons. The quantitative estimate of drug-likeness (QED) is 0.805. The van der Waals surface area contributed by atoms with Crippen LogP contribution in [0.2, 0.25) is 0 Å². The van der Waals surface area contributed by atoms with Crippen LogP contribution in [0.25, 0.3) is 16.7 Å². The number of hydrogen-bond donors (Lipinski definition) is 0. The lowest BCUT2D eigenvalue weighted by Gasteiger charge is -2.12. The Morgan fingerprint density at radius 2 is 2.13 bits per heavy atom. The van der Waals surface area contributed by atoms with E-state index >= 15 is 0 Å². The summed E-state index contributed by atoms with van der Waals surface area (Å²) >= 11 is 3.41. The molecule has 0 saturated heterocycles. The van der Waals surface area contributed by atoms with Crippen LogP contribution in [0.4, 0.5) is 0 Å². The van der Waals surface area contributed by atoms with Crippen LogP contribution in [0.3, 0.4) is 0 Å². The molecule has 0 atom stereocenters. The largest absolute Gasteiger partial charge is 0.302 e. The third-order valence-corrected chi connectivity index (χ3v) is 2.90. The first-order valence-corrected chi connectivity index (χ1v) is 5.88. The van der Waals surface area contributed by atoms with Crippen molar-refractivity contribution in [3.8, 4) is 0 Å². The van der Waals surface area contributed by atoms with Gasteiger partial charge < -0.3 is 4.57 Å². The van der Waals surface area contributed by atoms with E-state index in [1.807, 2.05) is 29.5 Å². The zero-order valence-corrected chi connectivity index (χ0v) is 10.4. The van der Waals surface area contributed by atoms with E-state index < -0.39 is 0 Å². The Kier molecular flexibility index (Phi) is 2.91. The van der Waals surface area contributed by atoms with Crippen molar-refractivity contribution in [2.24, 2.45) is 5.92 Å². The van der Waals surface area contributed by atoms with E-state index in [-0.39, 0.29) is 0 Å². The average molecular weight is 265 g/mol. The summed E-state index contributed by atoms with van der Waals surface area (Å²) in [6.07, 6.45) is 1.87. The first-order chi connectivity index (χ1) is 7.24. The summed E-state index contributed by atoms with van der Waals surface area (Å²) in [6, 6.07) is 8.15. The summed E-state index contributed by atoms with van der Waals surface area (Å²) in [4.78, 5) is 6.34. The molecule has 15 heavy (non-hydrogen) atoms. The number of rotatable bonds is 2. The topological polar surface area (TPSA) is 17.8 Å². The van der Waals surface area contributed by atoms with Crippen molar-refractivity contribution in [2.75, 3.05) is 0 Å². The molecule has 1 aromatic heterocycles. The molecule has 2 rings (SSSR count). The molecule has 2 nitrogen and oxygen atoms in total. The molecule has 3 heteroatoms. The van der Waals surface area contributed by atoms with Crippen LogP contribution in [0, 0.1) is 5.92 Å². The Balaban J connectivity index is 2.62. The van der Waals surface area contributed by atoms with Crippen LogP contribution < -0.4 is 0 Å². The standard InChI is InChI=1S/C12H13BrN2/c1-9(2)12(7-13)15-8-14-10-5-3-4-6-11(10)15/h3-9H,1-2H3/b12-7-. The molecule has 2 aromatic rings. The van der Waals surface area contributed by atoms with Gasteiger partial charge in [-0.05, 0) is 18.1 Å². The smallest absolute Gasteiger partial charge is 0.100 e. The van der Waals surface area contributed by atoms with E-state index in [1.165, 1.54) is 5.70 Å². The number of hydrogen-bond acceptors (Lipinski definition) is 1. The van der Waals surface area contributed by atoms with Gasteiger partial charge in [0.25, 0.3) is 0 Å². The predicted molar refractivity (Wildman–Crippen MR) is 67.8 cm³/mol. The maximum atomic E-state index is 4.37. The normalized spacial score (nSPS) is 12.7. The molecule has 1 heterocycles. The number of nitrogens with zero attached hydrogens (tertiary/aromatic N) is 2. The molecule has 0 spiro atoms. The van der Waals surface area contributed by atoms with E-state index in [2.05, 4.69) is 45.4 Å². The molecule has 0 amide bonds. The molecule has 0 N–H and O–H groups in total. The van der Waals surface area contributed by atoms with Gasteiger partial charge in [0.2, 0.25) is 0 Å². The number of imidazole rings is 1. The van der Waals surface area contributed by atoms with Crippen LogP contribution in [0.15, 0.2) is 35.6 Å². The number of allylic oxidation sites excluding steroid dienone is 1. The molecule has 1 aromatic carbocycles. The van der Waals surface area contributed by atoms with Crippen LogP contribution in [0.5, 0.6) is 0 Å². The molecule has 0 aliphatic heterocycles. The second kappa shape index (κ2) is 4.19. The molecule has 0 aliphatic carbocycles. The minimum absolute atomic E-state index is 0.460. The van der Waals surface area contributed by atoms with Gasteiger partial charge in [-0.3, -0.25) is 0 Å². The molecule has 0 aliphatic rings. The van der Waals surface area contributed by atoms with Gasteiger partial charge >= 0.3 is 0 Å². The fourth-order valence-corrected chi connectivity index (χ4v) is 2.37. The second-order valence-corrected chi connectivity index (χ2v) is 4.25. The van der Waals surface area contributed by atoms with Crippen molar-refractivity contribution >= 4 is 32.7 Å². The number of fused-ring (bicyclic) bond motifs is 1. The summed E-state index contributed by atoms with van der Waals surface area (Å²) in [5.74, 6) is 0.460. The van der Waals surface area contributed by atoms with Crippen LogP contribution in [-0.2, 0) is 0 Å². The molecular formula is C12H13BrN2. The minimum atomic E-state index is 0.460. The zero-order valence-electron chi connectivity index (χ0n) is 8.81. The fourth-order valence-electron chi connectivity index (χ4n) is 1.62. The SMILES string of the molecule is CC(C)/C(=C/Br)n1cnc2ccccc21. The van der Waals surface area contributed by atoms with Gasteiger partial charge in [0.15, 0.2) is 0 Å². The van der Waals surface area contributed by atoms with E-state index in [1.54, 1.807) is 0 Å². The fraction of sp³-hybridized carbons (Fsp3) is 0.250. The van der Waals surface area contributed by atoms with Gasteiger partial charge in [0.1, 0.15) is 6.33 Å². The van der Waals surface area contributed by atoms with E-state index in [9.17, 15) is 0 Å². The van der Waals surface area contributed by atoms with E-state index in [0.717, 1.165) is 11.0 Å². The highest BCUT2D eigenvalue weighted by Crippen LogP contribution is 2.23. The Morgan fingerprint density at radius 3 is 2.80 bits per heavy atom. The second-order valence-electron chi connectivity index (χ2n) is 3.79. The highest BCUT2D eigenvalue weighted by molar-refractivity contribution is 9.11. The summed E-state index contributed by atoms with van der Waals surface area (Å²) in [6.45, 7) is 4.34. The third kappa shape index (κ3) is 1.84. The van der Waals surface area contributed by atoms with Crippen LogP contribution >= 0.6 is 15.9 Å². The highest BCUT2D eigenvalue weighted by Gasteiger charge is 2.08. The van der Waals surface area contributed by atoms with Gasteiger partial charge in [-0.25, -0.2) is 4.98 Å². The van der Waals surface area contributed by atoms with Crippen molar-refractivity contribution < 1.29 is 0 Å². The lowest BCUT2D eigenvalue weighted by atomic mass is 10.1. The van der Waals surface area contributed by atoms with Gasteiger partial charge in [-0.1, -0.05) is 41.9 Å². The first kappa shape index (κ1) is 10.4. The van der Waals surface area contributed by atoms with Gasteiger partial charge in [-0.15, -0.1) is 0 Å². The Hall–Kier alpha value is -1.09. The summed E-state index contributed by atoms with van der Waals surface area (Å²) in [5, 5.41) is 0. The van der Waals surface area contributed by atoms with Crippen LogP contribution in [0.1, 0.15) is 13.8 Å². The monoisotopic (exact) mass is 264 g/mol. The molecule has 0 bridgehead atoms. The van der Waals surface area contributed by atoms with Crippen molar-refractivity contribution in [1.82, 2.24) is 9.55 Å². The predicted octanol–water partition coefficient (Wildman–Crippen LogP) is 3.89. The number of para-hydroxylation sites is 2. The van der Waals surface area contributed by atoms with Gasteiger partial charge in [0, 0.05) is 10.7 Å². The maximum Gasteiger partial charge on any atom is 0.100 e. The minimum Gasteiger partial charge on any atom is -0.302 e. The Bertz CT molecular complexity index is 497. The molecule has 0 radical (unpaired) electrons. The Morgan fingerprint density at radius 1 is 1.40 bits per heavy atom. The van der Waals surface area contributed by atoms with Gasteiger partial charge in [-0.2, -0.15) is 0 Å². The zero-order chi connectivity index (χ0) is 10.8. The number of halogens is 1. The molecule has 0 unspecified atom stereocenters. The van der Waals surface area contributed by atoms with Crippen molar-refractivity contribution in [1.29, 1.82) is 0 Å². The lowest BCUT2D eigenvalue weighted by Crippen LogP contribution is -2.01. The number of aromatic nitrogens is 2. The molecular weight excluding hydrogens is 252 g/mol. The summed E-state index contributed by atoms with van der Waals surface area (Å²) in [5.41, 5.74) is 3.39. The van der Waals surface area contributed by atoms with Crippen molar-refractivity contribution in [3.63, 3.8) is 0 Å². The average Bonchev–Trinajstić information content (AvgIpc) is 2.63. The highest BCUT2D eigenvalue weighted by atomic mass is 79.9. The van der Waals surface area contributed by atoms with E-state index in [4.69, 9.17) is 0 Å². The van der Waals surface area contributed by atoms with Crippen molar-refractivity contribution in [3.05, 3.63) is 35.6 Å². The Labute approximate surface area is 97.8 Å². The maximum absolute atomic E-state index is 4.37. The van der Waals surface area contributed by atoms with Crippen molar-refractivity contribution in [2.45, 2.75) is 13.8 Å². The van der Waals surface area contributed by atoms with E-state index in [0.29, 0.717) is 5.92 Å². The lowest BCUT2D eigenvalue weighted by molar-refractivity contribution is 0.800. The molecule has 0 fully saturated rings. The summed E-state index contributed by atoms with van der Waals surface area (Å²) in [7, 11) is 0. The molecule has 0 saturated carbocycles.